The van der Waals surface area contributed by atoms with Crippen LogP contribution in [0.1, 0.15) is 43.0 Å². The Morgan fingerprint density at radius 1 is 1.36 bits per heavy atom. The number of amides is 1. The fraction of sp³-hybridized carbons (Fsp3) is 0.533. The highest BCUT2D eigenvalue weighted by Crippen LogP contribution is 2.26. The first kappa shape index (κ1) is 16.8. The van der Waals surface area contributed by atoms with Crippen LogP contribution in [0.25, 0.3) is 0 Å². The Balaban J connectivity index is 2.23. The van der Waals surface area contributed by atoms with E-state index in [1.165, 1.54) is 31.7 Å². The molecule has 1 amide bonds. The van der Waals surface area contributed by atoms with E-state index in [-0.39, 0.29) is 22.4 Å². The van der Waals surface area contributed by atoms with E-state index in [0.29, 0.717) is 11.7 Å². The van der Waals surface area contributed by atoms with Crippen molar-refractivity contribution in [1.29, 1.82) is 0 Å². The second kappa shape index (κ2) is 6.66. The molecule has 2 rings (SSSR count). The van der Waals surface area contributed by atoms with Gasteiger partial charge in [0.1, 0.15) is 5.75 Å². The maximum atomic E-state index is 12.5. The van der Waals surface area contributed by atoms with Crippen molar-refractivity contribution < 1.29 is 17.9 Å². The quantitative estimate of drug-likeness (QED) is 0.879. The molecule has 0 unspecified atom stereocenters. The molecule has 0 aliphatic heterocycles. The molecule has 0 bridgehead atoms. The molecule has 0 radical (unpaired) electrons. The molecule has 6 nitrogen and oxygen atoms in total. The number of rotatable bonds is 4. The van der Waals surface area contributed by atoms with Crippen LogP contribution in [-0.2, 0) is 10.0 Å². The lowest BCUT2D eigenvalue weighted by atomic mass is 9.87. The zero-order valence-electron chi connectivity index (χ0n) is 12.8. The molecule has 1 saturated carbocycles. The Labute approximate surface area is 131 Å². The summed E-state index contributed by atoms with van der Waals surface area (Å²) < 4.78 is 28.0. The van der Waals surface area contributed by atoms with Crippen molar-refractivity contribution in [2.45, 2.75) is 43.5 Å². The highest BCUT2D eigenvalue weighted by Gasteiger charge is 2.23. The molecule has 22 heavy (non-hydrogen) atoms. The lowest BCUT2D eigenvalue weighted by Crippen LogP contribution is -2.38. The van der Waals surface area contributed by atoms with Crippen LogP contribution in [0.5, 0.6) is 5.75 Å². The summed E-state index contributed by atoms with van der Waals surface area (Å²) in [5.41, 5.74) is 0.187. The third-order valence-corrected chi connectivity index (χ3v) is 4.93. The first-order chi connectivity index (χ1) is 10.3. The van der Waals surface area contributed by atoms with E-state index in [9.17, 15) is 13.2 Å². The number of nitrogens with one attached hydrogen (secondary N) is 1. The third kappa shape index (κ3) is 3.98. The number of hydrogen-bond acceptors (Lipinski definition) is 4. The molecular weight excluding hydrogens is 304 g/mol. The van der Waals surface area contributed by atoms with Gasteiger partial charge in [0.2, 0.25) is 10.0 Å². The summed E-state index contributed by atoms with van der Waals surface area (Å²) in [7, 11) is -2.43. The van der Waals surface area contributed by atoms with Crippen LogP contribution in [0, 0.1) is 5.92 Å². The second-order valence-electron chi connectivity index (χ2n) is 5.85. The van der Waals surface area contributed by atoms with Gasteiger partial charge in [-0.1, -0.05) is 19.8 Å². The molecule has 1 aliphatic rings. The van der Waals surface area contributed by atoms with Crippen LogP contribution in [-0.4, -0.2) is 27.5 Å². The van der Waals surface area contributed by atoms with E-state index < -0.39 is 10.0 Å². The van der Waals surface area contributed by atoms with Gasteiger partial charge in [-0.25, -0.2) is 13.6 Å². The molecule has 0 aromatic heterocycles. The highest BCUT2D eigenvalue weighted by atomic mass is 32.2. The fourth-order valence-electron chi connectivity index (χ4n) is 2.87. The van der Waals surface area contributed by atoms with Crippen molar-refractivity contribution in [2.75, 3.05) is 7.11 Å². The predicted octanol–water partition coefficient (Wildman–Crippen LogP) is 1.65. The van der Waals surface area contributed by atoms with Crippen molar-refractivity contribution in [3.05, 3.63) is 23.8 Å². The fourth-order valence-corrected chi connectivity index (χ4v) is 3.41. The van der Waals surface area contributed by atoms with E-state index in [1.807, 2.05) is 0 Å². The monoisotopic (exact) mass is 326 g/mol. The van der Waals surface area contributed by atoms with E-state index in [1.54, 1.807) is 0 Å². The Bertz CT molecular complexity index is 658. The third-order valence-electron chi connectivity index (χ3n) is 4.02. The zero-order chi connectivity index (χ0) is 16.3. The van der Waals surface area contributed by atoms with Crippen LogP contribution in [0.15, 0.2) is 23.1 Å². The summed E-state index contributed by atoms with van der Waals surface area (Å²) >= 11 is 0. The maximum absolute atomic E-state index is 12.5. The van der Waals surface area contributed by atoms with Crippen molar-refractivity contribution in [3.63, 3.8) is 0 Å². The van der Waals surface area contributed by atoms with Gasteiger partial charge < -0.3 is 10.1 Å². The number of hydrogen-bond donors (Lipinski definition) is 2. The summed E-state index contributed by atoms with van der Waals surface area (Å²) in [5, 5.41) is 8.08. The molecule has 1 fully saturated rings. The van der Waals surface area contributed by atoms with Gasteiger partial charge in [0.15, 0.2) is 0 Å². The number of nitrogens with two attached hydrogens (primary N) is 1. The van der Waals surface area contributed by atoms with Crippen LogP contribution < -0.4 is 15.2 Å². The number of sulfonamides is 1. The summed E-state index contributed by atoms with van der Waals surface area (Å²) in [6.45, 7) is 2.17. The lowest BCUT2D eigenvalue weighted by molar-refractivity contribution is 0.0918. The maximum Gasteiger partial charge on any atom is 0.255 e. The number of methoxy groups -OCH3 is 1. The summed E-state index contributed by atoms with van der Waals surface area (Å²) in [6, 6.07) is 4.14. The minimum absolute atomic E-state index is 0.101. The van der Waals surface area contributed by atoms with E-state index >= 15 is 0 Å². The molecule has 0 spiro atoms. The average molecular weight is 326 g/mol. The topological polar surface area (TPSA) is 98.5 Å². The molecule has 2 atom stereocenters. The average Bonchev–Trinajstić information content (AvgIpc) is 2.45. The molecule has 1 aromatic rings. The zero-order valence-corrected chi connectivity index (χ0v) is 13.7. The highest BCUT2D eigenvalue weighted by molar-refractivity contribution is 7.89. The van der Waals surface area contributed by atoms with Crippen LogP contribution in [0.2, 0.25) is 0 Å². The van der Waals surface area contributed by atoms with E-state index in [0.717, 1.165) is 19.3 Å². The molecular formula is C15H22N2O4S. The van der Waals surface area contributed by atoms with Gasteiger partial charge in [0, 0.05) is 6.04 Å². The minimum Gasteiger partial charge on any atom is -0.496 e. The van der Waals surface area contributed by atoms with Gasteiger partial charge in [0.05, 0.1) is 17.6 Å². The lowest BCUT2D eigenvalue weighted by Gasteiger charge is -2.27. The van der Waals surface area contributed by atoms with Gasteiger partial charge in [0.25, 0.3) is 5.91 Å². The number of carbonyl (C=O) groups is 1. The smallest absolute Gasteiger partial charge is 0.255 e. The summed E-state index contributed by atoms with van der Waals surface area (Å²) in [4.78, 5) is 12.4. The van der Waals surface area contributed by atoms with Gasteiger partial charge in [-0.3, -0.25) is 4.79 Å². The second-order valence-corrected chi connectivity index (χ2v) is 7.41. The predicted molar refractivity (Wildman–Crippen MR) is 83.3 cm³/mol. The number of ether oxygens (including phenoxy) is 1. The van der Waals surface area contributed by atoms with Crippen LogP contribution in [0.3, 0.4) is 0 Å². The van der Waals surface area contributed by atoms with E-state index in [2.05, 4.69) is 12.2 Å². The summed E-state index contributed by atoms with van der Waals surface area (Å²) in [6.07, 6.45) is 4.13. The molecule has 0 saturated heterocycles. The SMILES string of the molecule is COc1ccc(S(N)(=O)=O)cc1C(=O)N[C@@H]1CCC[C@@H](C)C1. The minimum atomic E-state index is -3.86. The van der Waals surface area contributed by atoms with Gasteiger partial charge in [-0.2, -0.15) is 0 Å². The van der Waals surface area contributed by atoms with Crippen molar-refractivity contribution in [3.8, 4) is 5.75 Å². The number of carbonyl (C=O) groups excluding carboxylic acids is 1. The van der Waals surface area contributed by atoms with Crippen molar-refractivity contribution >= 4 is 15.9 Å². The number of benzene rings is 1. The Hall–Kier alpha value is -1.60. The molecule has 7 heteroatoms. The Morgan fingerprint density at radius 3 is 2.68 bits per heavy atom. The van der Waals surface area contributed by atoms with Crippen LogP contribution >= 0.6 is 0 Å². The van der Waals surface area contributed by atoms with Crippen molar-refractivity contribution in [1.82, 2.24) is 5.32 Å². The van der Waals surface area contributed by atoms with Crippen LogP contribution in [0.4, 0.5) is 0 Å². The molecule has 1 aliphatic carbocycles. The Morgan fingerprint density at radius 2 is 2.09 bits per heavy atom. The summed E-state index contributed by atoms with van der Waals surface area (Å²) in [5.74, 6) is 0.576. The van der Waals surface area contributed by atoms with Crippen molar-refractivity contribution in [2.24, 2.45) is 11.1 Å². The molecule has 1 aromatic carbocycles. The van der Waals surface area contributed by atoms with Gasteiger partial charge in [-0.05, 0) is 37.0 Å². The van der Waals surface area contributed by atoms with Gasteiger partial charge >= 0.3 is 0 Å². The normalized spacial score (nSPS) is 22.1. The van der Waals surface area contributed by atoms with E-state index in [4.69, 9.17) is 9.88 Å². The largest absolute Gasteiger partial charge is 0.496 e. The molecule has 122 valence electrons. The molecule has 3 N–H and O–H groups in total. The first-order valence-electron chi connectivity index (χ1n) is 7.33. The first-order valence-corrected chi connectivity index (χ1v) is 8.87. The Kier molecular flexibility index (Phi) is 5.08. The number of primary sulfonamides is 1. The molecule has 0 heterocycles. The van der Waals surface area contributed by atoms with Gasteiger partial charge in [-0.15, -0.1) is 0 Å². The standard InChI is InChI=1S/C15H22N2O4S/c1-10-4-3-5-11(8-10)17-15(18)13-9-12(22(16,19)20)6-7-14(13)21-2/h6-7,9-11H,3-5,8H2,1-2H3,(H,17,18)(H2,16,19,20)/t10-,11-/m1/s1.